The molecule has 2 aromatic rings. The van der Waals surface area contributed by atoms with Gasteiger partial charge in [-0.2, -0.15) is 0 Å². The Morgan fingerprint density at radius 3 is 2.50 bits per heavy atom. The molecule has 1 heteroatoms. The quantitative estimate of drug-likeness (QED) is 0.661. The van der Waals surface area contributed by atoms with E-state index in [1.54, 1.807) is 0 Å². The van der Waals surface area contributed by atoms with Crippen LogP contribution in [0.4, 0.5) is 5.69 Å². The Labute approximate surface area is 95.9 Å². The van der Waals surface area contributed by atoms with Crippen LogP contribution in [0.2, 0.25) is 0 Å². The molecule has 3 rings (SSSR count). The van der Waals surface area contributed by atoms with E-state index < -0.39 is 0 Å². The second-order valence-corrected chi connectivity index (χ2v) is 4.43. The second kappa shape index (κ2) is 3.67. The van der Waals surface area contributed by atoms with Crippen LogP contribution in [0.3, 0.4) is 0 Å². The Balaban J connectivity index is 2.25. The van der Waals surface area contributed by atoms with Crippen LogP contribution in [0.25, 0.3) is 11.1 Å². The lowest BCUT2D eigenvalue weighted by atomic mass is 9.96. The normalized spacial score (nSPS) is 13.8. The van der Waals surface area contributed by atoms with E-state index in [4.69, 9.17) is 5.73 Å². The van der Waals surface area contributed by atoms with Gasteiger partial charge in [0.1, 0.15) is 0 Å². The van der Waals surface area contributed by atoms with Gasteiger partial charge in [-0.05, 0) is 53.6 Å². The molecule has 0 aromatic heterocycles. The summed E-state index contributed by atoms with van der Waals surface area (Å²) in [4.78, 5) is 0. The Morgan fingerprint density at radius 1 is 0.812 bits per heavy atom. The van der Waals surface area contributed by atoms with Gasteiger partial charge in [0.05, 0.1) is 0 Å². The number of benzene rings is 2. The summed E-state index contributed by atoms with van der Waals surface area (Å²) >= 11 is 0. The first-order chi connectivity index (χ1) is 7.84. The van der Waals surface area contributed by atoms with Gasteiger partial charge < -0.3 is 5.73 Å². The van der Waals surface area contributed by atoms with Crippen molar-refractivity contribution in [3.63, 3.8) is 0 Å². The summed E-state index contributed by atoms with van der Waals surface area (Å²) in [6.07, 6.45) is 3.52. The van der Waals surface area contributed by atoms with Crippen LogP contribution >= 0.6 is 0 Å². The molecule has 2 aromatic carbocycles. The fourth-order valence-electron chi connectivity index (χ4n) is 2.55. The average molecular weight is 209 g/mol. The van der Waals surface area contributed by atoms with Gasteiger partial charge in [-0.25, -0.2) is 0 Å². The molecule has 1 aliphatic carbocycles. The molecule has 0 fully saturated rings. The van der Waals surface area contributed by atoms with Gasteiger partial charge in [-0.15, -0.1) is 0 Å². The minimum absolute atomic E-state index is 0.873. The first-order valence-corrected chi connectivity index (χ1v) is 5.81. The SMILES string of the molecule is Nc1ccc2c(c1)CCCc1ccccc1-2. The maximum atomic E-state index is 5.85. The van der Waals surface area contributed by atoms with Crippen molar-refractivity contribution in [1.29, 1.82) is 0 Å². The molecule has 0 amide bonds. The van der Waals surface area contributed by atoms with Crippen LogP contribution in [0.1, 0.15) is 17.5 Å². The summed E-state index contributed by atoms with van der Waals surface area (Å²) < 4.78 is 0. The van der Waals surface area contributed by atoms with Gasteiger partial charge in [0.25, 0.3) is 0 Å². The standard InChI is InChI=1S/C15H15N/c16-13-8-9-15-12(10-13)6-3-5-11-4-1-2-7-14(11)15/h1-2,4,7-10H,3,5-6,16H2. The number of nitrogens with two attached hydrogens (primary N) is 1. The number of rotatable bonds is 0. The van der Waals surface area contributed by atoms with Crippen molar-refractivity contribution in [3.8, 4) is 11.1 Å². The third-order valence-electron chi connectivity index (χ3n) is 3.33. The van der Waals surface area contributed by atoms with E-state index in [1.807, 2.05) is 6.07 Å². The number of aryl methyl sites for hydroxylation is 2. The lowest BCUT2D eigenvalue weighted by Gasteiger charge is -2.09. The predicted octanol–water partition coefficient (Wildman–Crippen LogP) is 3.42. The van der Waals surface area contributed by atoms with E-state index >= 15 is 0 Å². The molecule has 0 radical (unpaired) electrons. The Hall–Kier alpha value is -1.76. The van der Waals surface area contributed by atoms with Gasteiger partial charge in [0.2, 0.25) is 0 Å². The van der Waals surface area contributed by atoms with Crippen molar-refractivity contribution in [2.75, 3.05) is 5.73 Å². The van der Waals surface area contributed by atoms with Gasteiger partial charge >= 0.3 is 0 Å². The monoisotopic (exact) mass is 209 g/mol. The molecular formula is C15H15N. The molecule has 1 aliphatic rings. The maximum Gasteiger partial charge on any atom is 0.0317 e. The number of nitrogen functional groups attached to an aromatic ring is 1. The van der Waals surface area contributed by atoms with Crippen molar-refractivity contribution in [2.45, 2.75) is 19.3 Å². The first-order valence-electron chi connectivity index (χ1n) is 5.81. The lowest BCUT2D eigenvalue weighted by Crippen LogP contribution is -1.91. The van der Waals surface area contributed by atoms with E-state index in [2.05, 4.69) is 36.4 Å². The fraction of sp³-hybridized carbons (Fsp3) is 0.200. The van der Waals surface area contributed by atoms with Crippen LogP contribution in [0, 0.1) is 0 Å². The summed E-state index contributed by atoms with van der Waals surface area (Å²) in [6, 6.07) is 15.0. The third kappa shape index (κ3) is 1.49. The van der Waals surface area contributed by atoms with E-state index in [1.165, 1.54) is 35.1 Å². The van der Waals surface area contributed by atoms with E-state index in [-0.39, 0.29) is 0 Å². The molecular weight excluding hydrogens is 194 g/mol. The zero-order valence-electron chi connectivity index (χ0n) is 9.24. The Bertz CT molecular complexity index is 529. The number of anilines is 1. The van der Waals surface area contributed by atoms with Crippen molar-refractivity contribution in [1.82, 2.24) is 0 Å². The topological polar surface area (TPSA) is 26.0 Å². The largest absolute Gasteiger partial charge is 0.399 e. The Kier molecular flexibility index (Phi) is 2.17. The summed E-state index contributed by atoms with van der Waals surface area (Å²) in [6.45, 7) is 0. The summed E-state index contributed by atoms with van der Waals surface area (Å²) in [5.74, 6) is 0. The maximum absolute atomic E-state index is 5.85. The molecule has 0 heterocycles. The van der Waals surface area contributed by atoms with E-state index in [0.717, 1.165) is 12.1 Å². The zero-order chi connectivity index (χ0) is 11.0. The summed E-state index contributed by atoms with van der Waals surface area (Å²) in [5.41, 5.74) is 12.3. The van der Waals surface area contributed by atoms with Gasteiger partial charge in [-0.1, -0.05) is 30.3 Å². The first kappa shape index (κ1) is 9.46. The van der Waals surface area contributed by atoms with Crippen LogP contribution < -0.4 is 5.73 Å². The predicted molar refractivity (Wildman–Crippen MR) is 68.3 cm³/mol. The molecule has 0 unspecified atom stereocenters. The highest BCUT2D eigenvalue weighted by Crippen LogP contribution is 2.33. The molecule has 0 aliphatic heterocycles. The second-order valence-electron chi connectivity index (χ2n) is 4.43. The molecule has 0 atom stereocenters. The highest BCUT2D eigenvalue weighted by molar-refractivity contribution is 5.73. The van der Waals surface area contributed by atoms with Crippen LogP contribution in [-0.4, -0.2) is 0 Å². The van der Waals surface area contributed by atoms with Crippen molar-refractivity contribution in [3.05, 3.63) is 53.6 Å². The van der Waals surface area contributed by atoms with Gasteiger partial charge in [0.15, 0.2) is 0 Å². The van der Waals surface area contributed by atoms with Crippen LogP contribution in [-0.2, 0) is 12.8 Å². The number of fused-ring (bicyclic) bond motifs is 3. The van der Waals surface area contributed by atoms with E-state index in [0.29, 0.717) is 0 Å². The highest BCUT2D eigenvalue weighted by Gasteiger charge is 2.13. The molecule has 0 saturated heterocycles. The molecule has 0 spiro atoms. The smallest absolute Gasteiger partial charge is 0.0317 e. The summed E-state index contributed by atoms with van der Waals surface area (Å²) in [5, 5.41) is 0. The summed E-state index contributed by atoms with van der Waals surface area (Å²) in [7, 11) is 0. The minimum Gasteiger partial charge on any atom is -0.399 e. The van der Waals surface area contributed by atoms with Crippen molar-refractivity contribution < 1.29 is 0 Å². The molecule has 0 saturated carbocycles. The van der Waals surface area contributed by atoms with Crippen LogP contribution in [0.15, 0.2) is 42.5 Å². The average Bonchev–Trinajstić information content (AvgIpc) is 2.47. The van der Waals surface area contributed by atoms with Gasteiger partial charge in [-0.3, -0.25) is 0 Å². The van der Waals surface area contributed by atoms with Crippen molar-refractivity contribution >= 4 is 5.69 Å². The van der Waals surface area contributed by atoms with Crippen LogP contribution in [0.5, 0.6) is 0 Å². The number of hydrogen-bond acceptors (Lipinski definition) is 1. The highest BCUT2D eigenvalue weighted by atomic mass is 14.5. The zero-order valence-corrected chi connectivity index (χ0v) is 9.24. The molecule has 80 valence electrons. The molecule has 1 nitrogen and oxygen atoms in total. The molecule has 0 bridgehead atoms. The van der Waals surface area contributed by atoms with E-state index in [9.17, 15) is 0 Å². The minimum atomic E-state index is 0.873. The molecule has 2 N–H and O–H groups in total. The number of hydrogen-bond donors (Lipinski definition) is 1. The molecule has 16 heavy (non-hydrogen) atoms. The lowest BCUT2D eigenvalue weighted by molar-refractivity contribution is 0.835. The van der Waals surface area contributed by atoms with Gasteiger partial charge in [0, 0.05) is 5.69 Å². The Morgan fingerprint density at radius 2 is 1.56 bits per heavy atom. The van der Waals surface area contributed by atoms with Crippen molar-refractivity contribution in [2.24, 2.45) is 0 Å². The third-order valence-corrected chi connectivity index (χ3v) is 3.33. The fourth-order valence-corrected chi connectivity index (χ4v) is 2.55.